The molecule has 100 valence electrons. The van der Waals surface area contributed by atoms with E-state index in [2.05, 4.69) is 12.2 Å². The molecular formula is C13H27N3O. The SMILES string of the molecule is CC(CN)(NC(=O)CCCCCCN)C1CC1. The van der Waals surface area contributed by atoms with E-state index < -0.39 is 0 Å². The number of carbonyl (C=O) groups excluding carboxylic acids is 1. The van der Waals surface area contributed by atoms with Gasteiger partial charge in [-0.3, -0.25) is 4.79 Å². The second-order valence-electron chi connectivity index (χ2n) is 5.40. The van der Waals surface area contributed by atoms with Crippen molar-refractivity contribution >= 4 is 5.91 Å². The molecule has 1 rings (SSSR count). The van der Waals surface area contributed by atoms with Gasteiger partial charge in [-0.25, -0.2) is 0 Å². The highest BCUT2D eigenvalue weighted by Crippen LogP contribution is 2.38. The molecule has 0 radical (unpaired) electrons. The first-order valence-corrected chi connectivity index (χ1v) is 6.83. The van der Waals surface area contributed by atoms with Crippen molar-refractivity contribution in [2.24, 2.45) is 17.4 Å². The van der Waals surface area contributed by atoms with Gasteiger partial charge in [0.2, 0.25) is 5.91 Å². The predicted octanol–water partition coefficient (Wildman–Crippen LogP) is 1.14. The van der Waals surface area contributed by atoms with Gasteiger partial charge in [-0.2, -0.15) is 0 Å². The molecule has 0 aromatic carbocycles. The largest absolute Gasteiger partial charge is 0.349 e. The van der Waals surface area contributed by atoms with Gasteiger partial charge < -0.3 is 16.8 Å². The lowest BCUT2D eigenvalue weighted by molar-refractivity contribution is -0.123. The van der Waals surface area contributed by atoms with Gasteiger partial charge in [0.15, 0.2) is 0 Å². The van der Waals surface area contributed by atoms with E-state index in [4.69, 9.17) is 11.5 Å². The summed E-state index contributed by atoms with van der Waals surface area (Å²) in [5.74, 6) is 0.742. The molecule has 1 unspecified atom stereocenters. The number of nitrogens with two attached hydrogens (primary N) is 2. The van der Waals surface area contributed by atoms with E-state index in [1.165, 1.54) is 12.8 Å². The minimum Gasteiger partial charge on any atom is -0.349 e. The molecule has 5 N–H and O–H groups in total. The molecule has 4 nitrogen and oxygen atoms in total. The summed E-state index contributed by atoms with van der Waals surface area (Å²) in [7, 11) is 0. The van der Waals surface area contributed by atoms with Crippen LogP contribution in [-0.4, -0.2) is 24.5 Å². The third kappa shape index (κ3) is 5.04. The fraction of sp³-hybridized carbons (Fsp3) is 0.923. The molecule has 0 aromatic heterocycles. The quantitative estimate of drug-likeness (QED) is 0.529. The number of amides is 1. The van der Waals surface area contributed by atoms with Crippen LogP contribution in [0.15, 0.2) is 0 Å². The molecule has 0 heterocycles. The Bertz CT molecular complexity index is 241. The Morgan fingerprint density at radius 3 is 2.41 bits per heavy atom. The van der Waals surface area contributed by atoms with Crippen LogP contribution in [0.25, 0.3) is 0 Å². The van der Waals surface area contributed by atoms with Crippen molar-refractivity contribution in [3.63, 3.8) is 0 Å². The van der Waals surface area contributed by atoms with Crippen molar-refractivity contribution in [1.82, 2.24) is 5.32 Å². The number of carbonyl (C=O) groups is 1. The average Bonchev–Trinajstić information content (AvgIpc) is 3.12. The van der Waals surface area contributed by atoms with Crippen molar-refractivity contribution in [2.75, 3.05) is 13.1 Å². The fourth-order valence-corrected chi connectivity index (χ4v) is 2.20. The molecule has 0 spiro atoms. The molecule has 0 aliphatic heterocycles. The standard InChI is InChI=1S/C13H27N3O/c1-13(10-15,11-7-8-11)16-12(17)6-4-2-3-5-9-14/h11H,2-10,14-15H2,1H3,(H,16,17). The Hall–Kier alpha value is -0.610. The monoisotopic (exact) mass is 241 g/mol. The summed E-state index contributed by atoms with van der Waals surface area (Å²) in [6.07, 6.45) is 7.25. The third-order valence-corrected chi connectivity index (χ3v) is 3.69. The van der Waals surface area contributed by atoms with Crippen molar-refractivity contribution < 1.29 is 4.79 Å². The van der Waals surface area contributed by atoms with Gasteiger partial charge in [-0.1, -0.05) is 12.8 Å². The highest BCUT2D eigenvalue weighted by Gasteiger charge is 2.41. The van der Waals surface area contributed by atoms with E-state index in [0.29, 0.717) is 18.9 Å². The first-order valence-electron chi connectivity index (χ1n) is 6.83. The van der Waals surface area contributed by atoms with Crippen LogP contribution < -0.4 is 16.8 Å². The Labute approximate surface area is 105 Å². The molecule has 1 saturated carbocycles. The van der Waals surface area contributed by atoms with E-state index in [1.807, 2.05) is 0 Å². The molecule has 4 heteroatoms. The van der Waals surface area contributed by atoms with Gasteiger partial charge >= 0.3 is 0 Å². The smallest absolute Gasteiger partial charge is 0.220 e. The van der Waals surface area contributed by atoms with Crippen molar-refractivity contribution in [1.29, 1.82) is 0 Å². The topological polar surface area (TPSA) is 81.1 Å². The minimum absolute atomic E-state index is 0.151. The Balaban J connectivity index is 2.15. The van der Waals surface area contributed by atoms with E-state index in [1.54, 1.807) is 0 Å². The van der Waals surface area contributed by atoms with Gasteiger partial charge in [0.1, 0.15) is 0 Å². The van der Waals surface area contributed by atoms with Crippen LogP contribution in [0.2, 0.25) is 0 Å². The summed E-state index contributed by atoms with van der Waals surface area (Å²) in [6, 6.07) is 0. The molecule has 17 heavy (non-hydrogen) atoms. The minimum atomic E-state index is -0.172. The van der Waals surface area contributed by atoms with Gasteiger partial charge in [-0.15, -0.1) is 0 Å². The first-order chi connectivity index (χ1) is 8.12. The number of nitrogens with one attached hydrogen (secondary N) is 1. The summed E-state index contributed by atoms with van der Waals surface area (Å²) in [4.78, 5) is 11.8. The second-order valence-corrected chi connectivity index (χ2v) is 5.40. The lowest BCUT2D eigenvalue weighted by Crippen LogP contribution is -2.53. The van der Waals surface area contributed by atoms with Crippen LogP contribution >= 0.6 is 0 Å². The summed E-state index contributed by atoms with van der Waals surface area (Å²) in [6.45, 7) is 3.35. The lowest BCUT2D eigenvalue weighted by atomic mass is 9.95. The number of hydrogen-bond acceptors (Lipinski definition) is 3. The van der Waals surface area contributed by atoms with Crippen LogP contribution in [-0.2, 0) is 4.79 Å². The van der Waals surface area contributed by atoms with Crippen LogP contribution in [0.5, 0.6) is 0 Å². The molecule has 0 saturated heterocycles. The maximum absolute atomic E-state index is 11.8. The number of unbranched alkanes of at least 4 members (excludes halogenated alkanes) is 3. The van der Waals surface area contributed by atoms with Crippen molar-refractivity contribution in [3.05, 3.63) is 0 Å². The normalized spacial score (nSPS) is 18.8. The summed E-state index contributed by atoms with van der Waals surface area (Å²) < 4.78 is 0. The third-order valence-electron chi connectivity index (χ3n) is 3.69. The van der Waals surface area contributed by atoms with Gasteiger partial charge in [0.25, 0.3) is 0 Å². The maximum atomic E-state index is 11.8. The Morgan fingerprint density at radius 1 is 1.24 bits per heavy atom. The highest BCUT2D eigenvalue weighted by atomic mass is 16.1. The van der Waals surface area contributed by atoms with Gasteiger partial charge in [0.05, 0.1) is 5.54 Å². The van der Waals surface area contributed by atoms with E-state index >= 15 is 0 Å². The molecule has 1 amide bonds. The summed E-state index contributed by atoms with van der Waals surface area (Å²) >= 11 is 0. The summed E-state index contributed by atoms with van der Waals surface area (Å²) in [5, 5.41) is 3.11. The fourth-order valence-electron chi connectivity index (χ4n) is 2.20. The predicted molar refractivity (Wildman–Crippen MR) is 70.5 cm³/mol. The zero-order chi connectivity index (χ0) is 12.7. The van der Waals surface area contributed by atoms with Gasteiger partial charge in [-0.05, 0) is 45.1 Å². The lowest BCUT2D eigenvalue weighted by Gasteiger charge is -2.29. The average molecular weight is 241 g/mol. The number of rotatable bonds is 9. The van der Waals surface area contributed by atoms with Crippen molar-refractivity contribution in [2.45, 2.75) is 57.4 Å². The zero-order valence-electron chi connectivity index (χ0n) is 11.0. The highest BCUT2D eigenvalue weighted by molar-refractivity contribution is 5.76. The molecule has 0 bridgehead atoms. The van der Waals surface area contributed by atoms with Gasteiger partial charge in [0, 0.05) is 13.0 Å². The van der Waals surface area contributed by atoms with Crippen LogP contribution in [0.1, 0.15) is 51.9 Å². The molecular weight excluding hydrogens is 214 g/mol. The van der Waals surface area contributed by atoms with Crippen LogP contribution in [0.3, 0.4) is 0 Å². The van der Waals surface area contributed by atoms with Crippen molar-refractivity contribution in [3.8, 4) is 0 Å². The maximum Gasteiger partial charge on any atom is 0.220 e. The zero-order valence-corrected chi connectivity index (χ0v) is 11.0. The van der Waals surface area contributed by atoms with Crippen LogP contribution in [0, 0.1) is 5.92 Å². The molecule has 1 aliphatic carbocycles. The Kier molecular flexibility index (Phi) is 5.92. The molecule has 1 fully saturated rings. The molecule has 1 atom stereocenters. The van der Waals surface area contributed by atoms with E-state index in [9.17, 15) is 4.79 Å². The number of hydrogen-bond donors (Lipinski definition) is 3. The first kappa shape index (κ1) is 14.5. The van der Waals surface area contributed by atoms with E-state index in [0.717, 1.165) is 32.2 Å². The summed E-state index contributed by atoms with van der Waals surface area (Å²) in [5.41, 5.74) is 11.0. The Morgan fingerprint density at radius 2 is 1.88 bits per heavy atom. The van der Waals surface area contributed by atoms with Crippen LogP contribution in [0.4, 0.5) is 0 Å². The molecule has 0 aromatic rings. The van der Waals surface area contributed by atoms with E-state index in [-0.39, 0.29) is 11.4 Å². The molecule has 1 aliphatic rings. The second kappa shape index (κ2) is 6.97.